The van der Waals surface area contributed by atoms with E-state index in [9.17, 15) is 24.6 Å². The van der Waals surface area contributed by atoms with Crippen molar-refractivity contribution in [3.05, 3.63) is 102 Å². The van der Waals surface area contributed by atoms with Crippen molar-refractivity contribution in [3.8, 4) is 5.75 Å². The maximum absolute atomic E-state index is 14.4. The number of nitrogens with one attached hydrogen (secondary N) is 3. The van der Waals surface area contributed by atoms with Gasteiger partial charge in [-0.2, -0.15) is 0 Å². The first kappa shape index (κ1) is 37.6. The van der Waals surface area contributed by atoms with Gasteiger partial charge in [-0.15, -0.1) is 0 Å². The molecule has 0 aromatic heterocycles. The number of likely N-dealkylation sites (tertiary alicyclic amines) is 1. The molecule has 264 valence electrons. The number of carbonyl (C=O) groups excluding carboxylic acids is 3. The SMILES string of the molecule is CC[C@H](C)[C@@]1(NC(=O)CCO)CCN([C@@H](CCc2ccccc2)C(=O)N[C@@H](Cc2ccccc2)[C@@H](O)CNCc2cccc(OC)c2)C1=O. The summed E-state index contributed by atoms with van der Waals surface area (Å²) in [6.07, 6.45) is 1.28. The van der Waals surface area contributed by atoms with E-state index in [2.05, 4.69) is 16.0 Å². The van der Waals surface area contributed by atoms with E-state index >= 15 is 0 Å². The Kier molecular flexibility index (Phi) is 14.2. The molecule has 0 spiro atoms. The number of nitrogens with zero attached hydrogens (tertiary/aromatic N) is 1. The number of methoxy groups -OCH3 is 1. The summed E-state index contributed by atoms with van der Waals surface area (Å²) < 4.78 is 5.33. The van der Waals surface area contributed by atoms with Gasteiger partial charge >= 0.3 is 0 Å². The van der Waals surface area contributed by atoms with E-state index in [0.29, 0.717) is 45.2 Å². The molecule has 4 rings (SSSR count). The Morgan fingerprint density at radius 2 is 1.65 bits per heavy atom. The molecule has 1 fully saturated rings. The summed E-state index contributed by atoms with van der Waals surface area (Å²) in [7, 11) is 1.62. The van der Waals surface area contributed by atoms with Gasteiger partial charge < -0.3 is 35.8 Å². The minimum absolute atomic E-state index is 0.103. The van der Waals surface area contributed by atoms with Crippen molar-refractivity contribution >= 4 is 17.7 Å². The van der Waals surface area contributed by atoms with Gasteiger partial charge in [0.1, 0.15) is 17.3 Å². The third kappa shape index (κ3) is 10.1. The van der Waals surface area contributed by atoms with E-state index in [4.69, 9.17) is 4.74 Å². The monoisotopic (exact) mass is 672 g/mol. The van der Waals surface area contributed by atoms with Gasteiger partial charge in [0.15, 0.2) is 0 Å². The van der Waals surface area contributed by atoms with E-state index < -0.39 is 29.6 Å². The fourth-order valence-corrected chi connectivity index (χ4v) is 6.61. The molecule has 0 aliphatic carbocycles. The quantitative estimate of drug-likeness (QED) is 0.132. The molecule has 5 N–H and O–H groups in total. The van der Waals surface area contributed by atoms with Gasteiger partial charge in [0, 0.05) is 26.1 Å². The zero-order chi connectivity index (χ0) is 35.2. The molecule has 0 radical (unpaired) electrons. The molecule has 0 saturated carbocycles. The maximum atomic E-state index is 14.4. The molecule has 5 atom stereocenters. The fraction of sp³-hybridized carbons (Fsp3) is 0.462. The van der Waals surface area contributed by atoms with Crippen LogP contribution in [0, 0.1) is 5.92 Å². The van der Waals surface area contributed by atoms with E-state index in [1.165, 1.54) is 0 Å². The third-order valence-electron chi connectivity index (χ3n) is 9.68. The standard InChI is InChI=1S/C39H52N4O6/c1-4-28(2)39(42-36(46)20-23-44)21-22-43(38(39)48)34(19-18-29-12-7-5-8-13-29)37(47)41-33(25-30-14-9-6-10-15-30)35(45)27-40-26-31-16-11-17-32(24-31)49-3/h5-17,24,28,33-35,40,44-45H,4,18-23,25-27H2,1-3H3,(H,41,47)(H,42,46)/t28-,33-,34-,35-,39-/m0/s1. The maximum Gasteiger partial charge on any atom is 0.249 e. The van der Waals surface area contributed by atoms with E-state index in [1.807, 2.05) is 98.8 Å². The van der Waals surface area contributed by atoms with Crippen LogP contribution in [-0.4, -0.2) is 83.4 Å². The highest BCUT2D eigenvalue weighted by molar-refractivity contribution is 5.97. The second-order valence-corrected chi connectivity index (χ2v) is 12.9. The minimum atomic E-state index is -1.17. The smallest absolute Gasteiger partial charge is 0.249 e. The summed E-state index contributed by atoms with van der Waals surface area (Å²) in [4.78, 5) is 43.1. The first-order chi connectivity index (χ1) is 23.7. The summed E-state index contributed by atoms with van der Waals surface area (Å²) in [6.45, 7) is 4.61. The van der Waals surface area contributed by atoms with Crippen molar-refractivity contribution in [2.24, 2.45) is 5.92 Å². The largest absolute Gasteiger partial charge is 0.497 e. The number of aryl methyl sites for hydroxylation is 1. The molecule has 1 aliphatic heterocycles. The van der Waals surface area contributed by atoms with Crippen LogP contribution in [0.25, 0.3) is 0 Å². The van der Waals surface area contributed by atoms with Crippen molar-refractivity contribution < 1.29 is 29.3 Å². The van der Waals surface area contributed by atoms with Crippen LogP contribution in [0.4, 0.5) is 0 Å². The zero-order valence-electron chi connectivity index (χ0n) is 28.9. The summed E-state index contributed by atoms with van der Waals surface area (Å²) in [5, 5.41) is 30.3. The summed E-state index contributed by atoms with van der Waals surface area (Å²) in [5.74, 6) is -0.470. The van der Waals surface area contributed by atoms with Gasteiger partial charge in [-0.3, -0.25) is 14.4 Å². The Labute approximate surface area is 290 Å². The third-order valence-corrected chi connectivity index (χ3v) is 9.68. The Bertz CT molecular complexity index is 1490. The fourth-order valence-electron chi connectivity index (χ4n) is 6.61. The highest BCUT2D eigenvalue weighted by Gasteiger charge is 2.53. The predicted octanol–water partition coefficient (Wildman–Crippen LogP) is 3.39. The number of hydrogen-bond donors (Lipinski definition) is 5. The summed E-state index contributed by atoms with van der Waals surface area (Å²) in [5.41, 5.74) is 1.83. The number of aliphatic hydroxyl groups is 2. The van der Waals surface area contributed by atoms with Gasteiger partial charge in [-0.1, -0.05) is 93.1 Å². The molecule has 1 heterocycles. The van der Waals surface area contributed by atoms with Crippen molar-refractivity contribution in [1.82, 2.24) is 20.9 Å². The topological polar surface area (TPSA) is 140 Å². The van der Waals surface area contributed by atoms with Crippen LogP contribution < -0.4 is 20.7 Å². The molecule has 3 amide bonds. The van der Waals surface area contributed by atoms with Gasteiger partial charge in [0.2, 0.25) is 17.7 Å². The van der Waals surface area contributed by atoms with Crippen molar-refractivity contribution in [2.75, 3.05) is 26.8 Å². The van der Waals surface area contributed by atoms with Gasteiger partial charge in [0.25, 0.3) is 0 Å². The van der Waals surface area contributed by atoms with Crippen LogP contribution in [0.15, 0.2) is 84.9 Å². The zero-order valence-corrected chi connectivity index (χ0v) is 28.9. The van der Waals surface area contributed by atoms with Crippen molar-refractivity contribution in [3.63, 3.8) is 0 Å². The number of amides is 3. The molecule has 1 saturated heterocycles. The average molecular weight is 673 g/mol. The van der Waals surface area contributed by atoms with E-state index in [-0.39, 0.29) is 37.3 Å². The lowest BCUT2D eigenvalue weighted by Gasteiger charge is -2.36. The number of carbonyl (C=O) groups is 3. The van der Waals surface area contributed by atoms with Crippen LogP contribution in [0.1, 0.15) is 56.2 Å². The van der Waals surface area contributed by atoms with Crippen LogP contribution in [0.5, 0.6) is 5.75 Å². The first-order valence-corrected chi connectivity index (χ1v) is 17.3. The molecule has 1 aliphatic rings. The van der Waals surface area contributed by atoms with Crippen LogP contribution >= 0.6 is 0 Å². The number of benzene rings is 3. The number of hydrogen-bond acceptors (Lipinski definition) is 7. The first-order valence-electron chi connectivity index (χ1n) is 17.3. The summed E-state index contributed by atoms with van der Waals surface area (Å²) in [6, 6.07) is 25.7. The highest BCUT2D eigenvalue weighted by Crippen LogP contribution is 2.34. The van der Waals surface area contributed by atoms with Crippen LogP contribution in [-0.2, 0) is 33.8 Å². The predicted molar refractivity (Wildman–Crippen MR) is 190 cm³/mol. The van der Waals surface area contributed by atoms with Gasteiger partial charge in [-0.05, 0) is 60.4 Å². The minimum Gasteiger partial charge on any atom is -0.497 e. The van der Waals surface area contributed by atoms with E-state index in [1.54, 1.807) is 12.0 Å². The van der Waals surface area contributed by atoms with Crippen LogP contribution in [0.2, 0.25) is 0 Å². The second kappa shape index (κ2) is 18.5. The lowest BCUT2D eigenvalue weighted by atomic mass is 9.81. The Hall–Kier alpha value is -4.25. The number of rotatable bonds is 19. The number of ether oxygens (including phenoxy) is 1. The van der Waals surface area contributed by atoms with Crippen molar-refractivity contribution in [1.29, 1.82) is 0 Å². The highest BCUT2D eigenvalue weighted by atomic mass is 16.5. The average Bonchev–Trinajstić information content (AvgIpc) is 3.44. The molecule has 10 nitrogen and oxygen atoms in total. The van der Waals surface area contributed by atoms with Crippen molar-refractivity contribution in [2.45, 2.75) is 82.6 Å². The molecule has 3 aromatic carbocycles. The van der Waals surface area contributed by atoms with Crippen LogP contribution in [0.3, 0.4) is 0 Å². The number of aliphatic hydroxyl groups excluding tert-OH is 2. The molecule has 0 bridgehead atoms. The second-order valence-electron chi connectivity index (χ2n) is 12.9. The molecule has 49 heavy (non-hydrogen) atoms. The Morgan fingerprint density at radius 3 is 2.31 bits per heavy atom. The summed E-state index contributed by atoms with van der Waals surface area (Å²) >= 11 is 0. The van der Waals surface area contributed by atoms with Gasteiger partial charge in [0.05, 0.1) is 25.9 Å². The molecule has 3 aromatic rings. The lowest BCUT2D eigenvalue weighted by Crippen LogP contribution is -2.61. The molecular weight excluding hydrogens is 620 g/mol. The molecule has 0 unspecified atom stereocenters. The Morgan fingerprint density at radius 1 is 0.980 bits per heavy atom. The molecule has 10 heteroatoms. The lowest BCUT2D eigenvalue weighted by molar-refractivity contribution is -0.144. The normalized spacial score (nSPS) is 18.4. The van der Waals surface area contributed by atoms with E-state index in [0.717, 1.165) is 22.4 Å². The Balaban J connectivity index is 1.57. The molecular formula is C39H52N4O6. The van der Waals surface area contributed by atoms with Gasteiger partial charge in [-0.25, -0.2) is 0 Å².